The van der Waals surface area contributed by atoms with E-state index in [1.807, 2.05) is 6.26 Å². The Kier molecular flexibility index (Phi) is 5.51. The fraction of sp³-hybridized carbons (Fsp3) is 0.333. The first-order chi connectivity index (χ1) is 8.04. The summed E-state index contributed by atoms with van der Waals surface area (Å²) < 4.78 is 0. The van der Waals surface area contributed by atoms with Crippen molar-refractivity contribution in [1.82, 2.24) is 5.32 Å². The summed E-state index contributed by atoms with van der Waals surface area (Å²) in [6, 6.07) is 5.10. The topological polar surface area (TPSA) is 46.2 Å². The van der Waals surface area contributed by atoms with Crippen molar-refractivity contribution in [2.45, 2.75) is 13.5 Å². The monoisotopic (exact) mass is 271 g/mol. The highest BCUT2D eigenvalue weighted by Gasteiger charge is 2.06. The molecule has 5 heteroatoms. The molecule has 92 valence electrons. The van der Waals surface area contributed by atoms with E-state index >= 15 is 0 Å². The van der Waals surface area contributed by atoms with Crippen LogP contribution in [0.25, 0.3) is 0 Å². The van der Waals surface area contributed by atoms with Gasteiger partial charge in [0.05, 0.1) is 5.75 Å². The molecule has 1 N–H and O–H groups in total. The van der Waals surface area contributed by atoms with Crippen LogP contribution in [0, 0.1) is 0 Å². The Labute approximate surface area is 110 Å². The van der Waals surface area contributed by atoms with E-state index in [0.717, 1.165) is 5.56 Å². The molecule has 1 rings (SSSR count). The third-order valence-electron chi connectivity index (χ3n) is 2.21. The fourth-order valence-electron chi connectivity index (χ4n) is 1.29. The third-order valence-corrected chi connectivity index (χ3v) is 3.11. The third kappa shape index (κ3) is 4.40. The zero-order valence-corrected chi connectivity index (χ0v) is 11.3. The molecule has 0 fully saturated rings. The SMILES string of the molecule is CSCC(=O)NCc1ccc(C(C)=O)cc1Cl. The highest BCUT2D eigenvalue weighted by Crippen LogP contribution is 2.18. The van der Waals surface area contributed by atoms with Gasteiger partial charge in [-0.05, 0) is 24.8 Å². The van der Waals surface area contributed by atoms with Crippen LogP contribution in [-0.4, -0.2) is 23.7 Å². The summed E-state index contributed by atoms with van der Waals surface area (Å²) in [5.74, 6) is 0.387. The van der Waals surface area contributed by atoms with E-state index in [0.29, 0.717) is 22.9 Å². The number of thioether (sulfide) groups is 1. The summed E-state index contributed by atoms with van der Waals surface area (Å²) in [7, 11) is 0. The molecule has 1 aromatic carbocycles. The predicted octanol–water partition coefficient (Wildman–Crippen LogP) is 2.52. The van der Waals surface area contributed by atoms with Crippen molar-refractivity contribution in [3.8, 4) is 0 Å². The summed E-state index contributed by atoms with van der Waals surface area (Å²) >= 11 is 7.49. The maximum Gasteiger partial charge on any atom is 0.230 e. The van der Waals surface area contributed by atoms with E-state index in [1.165, 1.54) is 18.7 Å². The molecule has 0 spiro atoms. The molecule has 0 atom stereocenters. The second-order valence-electron chi connectivity index (χ2n) is 3.57. The molecular weight excluding hydrogens is 258 g/mol. The summed E-state index contributed by atoms with van der Waals surface area (Å²) in [6.45, 7) is 1.88. The van der Waals surface area contributed by atoms with Gasteiger partial charge in [0.2, 0.25) is 5.91 Å². The van der Waals surface area contributed by atoms with Crippen molar-refractivity contribution in [3.63, 3.8) is 0 Å². The molecule has 0 radical (unpaired) electrons. The van der Waals surface area contributed by atoms with Gasteiger partial charge in [0.25, 0.3) is 0 Å². The van der Waals surface area contributed by atoms with Crippen molar-refractivity contribution in [3.05, 3.63) is 34.3 Å². The van der Waals surface area contributed by atoms with Crippen LogP contribution < -0.4 is 5.32 Å². The van der Waals surface area contributed by atoms with E-state index in [2.05, 4.69) is 5.32 Å². The Hall–Kier alpha value is -1.00. The Morgan fingerprint density at radius 1 is 1.41 bits per heavy atom. The van der Waals surface area contributed by atoms with E-state index in [-0.39, 0.29) is 11.7 Å². The van der Waals surface area contributed by atoms with Gasteiger partial charge >= 0.3 is 0 Å². The number of halogens is 1. The molecule has 1 aromatic rings. The van der Waals surface area contributed by atoms with Gasteiger partial charge in [-0.2, -0.15) is 11.8 Å². The smallest absolute Gasteiger partial charge is 0.230 e. The number of carbonyl (C=O) groups excluding carboxylic acids is 2. The Bertz CT molecular complexity index is 435. The molecule has 0 unspecified atom stereocenters. The minimum atomic E-state index is -0.0239. The van der Waals surface area contributed by atoms with Crippen molar-refractivity contribution in [1.29, 1.82) is 0 Å². The number of carbonyl (C=O) groups is 2. The van der Waals surface area contributed by atoms with Gasteiger partial charge in [-0.25, -0.2) is 0 Å². The lowest BCUT2D eigenvalue weighted by Crippen LogP contribution is -2.24. The molecule has 3 nitrogen and oxygen atoms in total. The second kappa shape index (κ2) is 6.67. The standard InChI is InChI=1S/C12H14ClNO2S/c1-8(15)9-3-4-10(11(13)5-9)6-14-12(16)7-17-2/h3-5H,6-7H2,1-2H3,(H,14,16). The molecule has 0 aromatic heterocycles. The molecular formula is C12H14ClNO2S. The van der Waals surface area contributed by atoms with Crippen molar-refractivity contribution < 1.29 is 9.59 Å². The number of Topliss-reactive ketones (excluding diaryl/α,β-unsaturated/α-hetero) is 1. The van der Waals surface area contributed by atoms with Crippen LogP contribution in [0.15, 0.2) is 18.2 Å². The summed E-state index contributed by atoms with van der Waals surface area (Å²) in [6.07, 6.45) is 1.87. The van der Waals surface area contributed by atoms with Crippen molar-refractivity contribution in [2.75, 3.05) is 12.0 Å². The van der Waals surface area contributed by atoms with E-state index in [4.69, 9.17) is 11.6 Å². The zero-order valence-electron chi connectivity index (χ0n) is 9.75. The van der Waals surface area contributed by atoms with Gasteiger partial charge in [0.1, 0.15) is 0 Å². The number of hydrogen-bond acceptors (Lipinski definition) is 3. The van der Waals surface area contributed by atoms with E-state index < -0.39 is 0 Å². The number of amides is 1. The molecule has 0 aliphatic carbocycles. The summed E-state index contributed by atoms with van der Waals surface area (Å²) in [4.78, 5) is 22.4. The van der Waals surface area contributed by atoms with Gasteiger partial charge in [-0.3, -0.25) is 9.59 Å². The van der Waals surface area contributed by atoms with Crippen LogP contribution in [0.1, 0.15) is 22.8 Å². The van der Waals surface area contributed by atoms with Crippen LogP contribution in [-0.2, 0) is 11.3 Å². The Morgan fingerprint density at radius 3 is 2.65 bits per heavy atom. The normalized spacial score (nSPS) is 10.1. The lowest BCUT2D eigenvalue weighted by molar-refractivity contribution is -0.118. The minimum absolute atomic E-state index is 0.0233. The van der Waals surface area contributed by atoms with Crippen LogP contribution >= 0.6 is 23.4 Å². The molecule has 0 aliphatic heterocycles. The van der Waals surface area contributed by atoms with Crippen molar-refractivity contribution >= 4 is 35.1 Å². The number of rotatable bonds is 5. The first kappa shape index (κ1) is 14.1. The number of ketones is 1. The lowest BCUT2D eigenvalue weighted by Gasteiger charge is -2.07. The molecule has 0 bridgehead atoms. The van der Waals surface area contributed by atoms with Crippen LogP contribution in [0.3, 0.4) is 0 Å². The average molecular weight is 272 g/mol. The molecule has 1 amide bonds. The maximum absolute atomic E-state index is 11.3. The highest BCUT2D eigenvalue weighted by molar-refractivity contribution is 7.99. The van der Waals surface area contributed by atoms with Crippen LogP contribution in [0.2, 0.25) is 5.02 Å². The number of nitrogens with one attached hydrogen (secondary N) is 1. The largest absolute Gasteiger partial charge is 0.351 e. The Morgan fingerprint density at radius 2 is 2.12 bits per heavy atom. The fourth-order valence-corrected chi connectivity index (χ4v) is 1.90. The van der Waals surface area contributed by atoms with Gasteiger partial charge in [-0.15, -0.1) is 0 Å². The van der Waals surface area contributed by atoms with Gasteiger partial charge in [0.15, 0.2) is 5.78 Å². The minimum Gasteiger partial charge on any atom is -0.351 e. The summed E-state index contributed by atoms with van der Waals surface area (Å²) in [5, 5.41) is 3.26. The second-order valence-corrected chi connectivity index (χ2v) is 4.85. The van der Waals surface area contributed by atoms with E-state index in [9.17, 15) is 9.59 Å². The van der Waals surface area contributed by atoms with Gasteiger partial charge in [0, 0.05) is 17.1 Å². The lowest BCUT2D eigenvalue weighted by atomic mass is 10.1. The average Bonchev–Trinajstić information content (AvgIpc) is 2.27. The molecule has 0 saturated heterocycles. The Balaban J connectivity index is 2.66. The van der Waals surface area contributed by atoms with Crippen LogP contribution in [0.5, 0.6) is 0 Å². The molecule has 17 heavy (non-hydrogen) atoms. The first-order valence-electron chi connectivity index (χ1n) is 5.09. The van der Waals surface area contributed by atoms with Crippen LogP contribution in [0.4, 0.5) is 0 Å². The molecule has 0 aliphatic rings. The summed E-state index contributed by atoms with van der Waals surface area (Å²) in [5.41, 5.74) is 1.39. The molecule has 0 heterocycles. The van der Waals surface area contributed by atoms with E-state index in [1.54, 1.807) is 18.2 Å². The van der Waals surface area contributed by atoms with Crippen molar-refractivity contribution in [2.24, 2.45) is 0 Å². The quantitative estimate of drug-likeness (QED) is 0.837. The number of hydrogen-bond donors (Lipinski definition) is 1. The molecule has 0 saturated carbocycles. The first-order valence-corrected chi connectivity index (χ1v) is 6.86. The maximum atomic E-state index is 11.3. The van der Waals surface area contributed by atoms with Gasteiger partial charge < -0.3 is 5.32 Å². The highest BCUT2D eigenvalue weighted by atomic mass is 35.5. The number of benzene rings is 1. The zero-order chi connectivity index (χ0) is 12.8. The van der Waals surface area contributed by atoms with Gasteiger partial charge in [-0.1, -0.05) is 23.7 Å². The predicted molar refractivity (Wildman–Crippen MR) is 71.7 cm³/mol.